The molecule has 6 nitrogen and oxygen atoms in total. The first-order valence-electron chi connectivity index (χ1n) is 5.74. The van der Waals surface area contributed by atoms with Crippen LogP contribution in [0.3, 0.4) is 0 Å². The quantitative estimate of drug-likeness (QED) is 0.594. The molecular formula is C10H17N3O3S. The Kier molecular flexibility index (Phi) is 3.68. The Bertz CT molecular complexity index is 409. The van der Waals surface area contributed by atoms with Gasteiger partial charge in [-0.2, -0.15) is 5.26 Å². The minimum Gasteiger partial charge on any atom is -0.390 e. The molecule has 2 atom stereocenters. The zero-order chi connectivity index (χ0) is 12.5. The molecule has 2 fully saturated rings. The highest BCUT2D eigenvalue weighted by molar-refractivity contribution is 7.91. The number of sulfone groups is 1. The molecule has 7 heteroatoms. The molecule has 0 amide bonds. The Labute approximate surface area is 101 Å². The van der Waals surface area contributed by atoms with Gasteiger partial charge in [0.2, 0.25) is 0 Å². The smallest absolute Gasteiger partial charge is 0.154 e. The fourth-order valence-corrected chi connectivity index (χ4v) is 4.34. The highest BCUT2D eigenvalue weighted by atomic mass is 32.2. The first kappa shape index (κ1) is 12.8. The van der Waals surface area contributed by atoms with Crippen LogP contribution < -0.4 is 0 Å². The number of piperazine rings is 1. The summed E-state index contributed by atoms with van der Waals surface area (Å²) in [6.07, 6.45) is -0.762. The molecule has 0 aliphatic carbocycles. The number of aliphatic hydroxyl groups is 1. The zero-order valence-corrected chi connectivity index (χ0v) is 10.4. The van der Waals surface area contributed by atoms with Crippen LogP contribution in [0, 0.1) is 11.3 Å². The first-order valence-corrected chi connectivity index (χ1v) is 7.56. The van der Waals surface area contributed by atoms with Crippen molar-refractivity contribution in [2.45, 2.75) is 12.1 Å². The fraction of sp³-hybridized carbons (Fsp3) is 0.900. The Hall–Kier alpha value is -0.680. The van der Waals surface area contributed by atoms with Gasteiger partial charge < -0.3 is 5.11 Å². The van der Waals surface area contributed by atoms with E-state index in [1.807, 2.05) is 9.80 Å². The molecule has 17 heavy (non-hydrogen) atoms. The number of rotatable bonds is 2. The average Bonchev–Trinajstić information content (AvgIpc) is 2.54. The van der Waals surface area contributed by atoms with Gasteiger partial charge in [-0.05, 0) is 0 Å². The van der Waals surface area contributed by atoms with Crippen LogP contribution in [0.15, 0.2) is 0 Å². The molecule has 2 aliphatic heterocycles. The van der Waals surface area contributed by atoms with E-state index in [1.165, 1.54) is 0 Å². The van der Waals surface area contributed by atoms with Gasteiger partial charge in [-0.15, -0.1) is 0 Å². The van der Waals surface area contributed by atoms with Gasteiger partial charge in [-0.25, -0.2) is 8.42 Å². The van der Waals surface area contributed by atoms with Crippen LogP contribution in [-0.2, 0) is 9.84 Å². The van der Waals surface area contributed by atoms with E-state index in [0.29, 0.717) is 6.54 Å². The third kappa shape index (κ3) is 2.96. The van der Waals surface area contributed by atoms with Gasteiger partial charge in [0.05, 0.1) is 36.3 Å². The third-order valence-electron chi connectivity index (χ3n) is 3.46. The van der Waals surface area contributed by atoms with E-state index in [9.17, 15) is 13.5 Å². The molecule has 0 bridgehead atoms. The Balaban J connectivity index is 1.92. The summed E-state index contributed by atoms with van der Waals surface area (Å²) in [7, 11) is -3.08. The summed E-state index contributed by atoms with van der Waals surface area (Å²) in [6.45, 7) is 3.38. The number of nitrogens with zero attached hydrogens (tertiary/aromatic N) is 3. The Morgan fingerprint density at radius 2 is 1.88 bits per heavy atom. The summed E-state index contributed by atoms with van der Waals surface area (Å²) in [6, 6.07) is 1.85. The van der Waals surface area contributed by atoms with E-state index < -0.39 is 15.9 Å². The minimum atomic E-state index is -3.08. The number of hydrogen-bond donors (Lipinski definition) is 1. The van der Waals surface area contributed by atoms with E-state index in [4.69, 9.17) is 5.26 Å². The van der Waals surface area contributed by atoms with E-state index in [-0.39, 0.29) is 17.5 Å². The number of aliphatic hydroxyl groups excluding tert-OH is 1. The second-order valence-corrected chi connectivity index (χ2v) is 6.84. The van der Waals surface area contributed by atoms with Gasteiger partial charge in [-0.3, -0.25) is 9.80 Å². The van der Waals surface area contributed by atoms with Crippen molar-refractivity contribution >= 4 is 9.84 Å². The van der Waals surface area contributed by atoms with Crippen molar-refractivity contribution in [1.29, 1.82) is 5.26 Å². The largest absolute Gasteiger partial charge is 0.390 e. The topological polar surface area (TPSA) is 84.6 Å². The molecule has 2 heterocycles. The lowest BCUT2D eigenvalue weighted by Gasteiger charge is -2.37. The molecular weight excluding hydrogens is 242 g/mol. The lowest BCUT2D eigenvalue weighted by Crippen LogP contribution is -2.53. The molecule has 1 N–H and O–H groups in total. The molecule has 0 aromatic carbocycles. The lowest BCUT2D eigenvalue weighted by atomic mass is 10.1. The summed E-state index contributed by atoms with van der Waals surface area (Å²) in [5.74, 6) is -0.0531. The van der Waals surface area contributed by atoms with E-state index in [1.54, 1.807) is 0 Å². The van der Waals surface area contributed by atoms with E-state index in [2.05, 4.69) is 6.07 Å². The lowest BCUT2D eigenvalue weighted by molar-refractivity contribution is 0.0480. The zero-order valence-electron chi connectivity index (χ0n) is 9.62. The second kappa shape index (κ2) is 4.90. The van der Waals surface area contributed by atoms with Crippen LogP contribution in [0.25, 0.3) is 0 Å². The van der Waals surface area contributed by atoms with Gasteiger partial charge in [0.15, 0.2) is 9.84 Å². The van der Waals surface area contributed by atoms with Crippen LogP contribution >= 0.6 is 0 Å². The minimum absolute atomic E-state index is 0.0619. The first-order chi connectivity index (χ1) is 8.02. The predicted molar refractivity (Wildman–Crippen MR) is 62.1 cm³/mol. The Morgan fingerprint density at radius 1 is 1.24 bits per heavy atom. The van der Waals surface area contributed by atoms with Crippen LogP contribution in [0.2, 0.25) is 0 Å². The fourth-order valence-electron chi connectivity index (χ4n) is 2.51. The highest BCUT2D eigenvalue weighted by Crippen LogP contribution is 2.19. The molecule has 2 rings (SSSR count). The number of hydrogen-bond acceptors (Lipinski definition) is 6. The monoisotopic (exact) mass is 259 g/mol. The second-order valence-electron chi connectivity index (χ2n) is 4.68. The molecule has 2 aliphatic rings. The standard InChI is InChI=1S/C10H17N3O3S/c11-1-2-12-3-5-13(6-4-12)9-7-17(15,16)8-10(9)14/h9-10,14H,2-8H2. The highest BCUT2D eigenvalue weighted by Gasteiger charge is 2.40. The van der Waals surface area contributed by atoms with Gasteiger partial charge >= 0.3 is 0 Å². The van der Waals surface area contributed by atoms with Gasteiger partial charge in [0.1, 0.15) is 0 Å². The third-order valence-corrected chi connectivity index (χ3v) is 5.16. The van der Waals surface area contributed by atoms with Gasteiger partial charge in [-0.1, -0.05) is 0 Å². The molecule has 0 aromatic heterocycles. The SMILES string of the molecule is N#CCN1CCN(C2CS(=O)(=O)CC2O)CC1. The molecule has 96 valence electrons. The maximum atomic E-state index is 11.4. The van der Waals surface area contributed by atoms with Crippen molar-refractivity contribution in [2.75, 3.05) is 44.2 Å². The molecule has 0 aromatic rings. The van der Waals surface area contributed by atoms with E-state index in [0.717, 1.165) is 26.2 Å². The normalized spacial score (nSPS) is 34.6. The van der Waals surface area contributed by atoms with Crippen LogP contribution in [0.5, 0.6) is 0 Å². The van der Waals surface area contributed by atoms with Gasteiger partial charge in [0, 0.05) is 26.2 Å². The summed E-state index contributed by atoms with van der Waals surface area (Å²) in [5, 5.41) is 18.3. The molecule has 2 saturated heterocycles. The summed E-state index contributed by atoms with van der Waals surface area (Å²) in [5.41, 5.74) is 0. The maximum absolute atomic E-state index is 11.4. The van der Waals surface area contributed by atoms with Crippen LogP contribution in [0.1, 0.15) is 0 Å². The molecule has 0 saturated carbocycles. The van der Waals surface area contributed by atoms with E-state index >= 15 is 0 Å². The van der Waals surface area contributed by atoms with Crippen molar-refractivity contribution in [1.82, 2.24) is 9.80 Å². The predicted octanol–water partition coefficient (Wildman–Crippen LogP) is -1.71. The van der Waals surface area contributed by atoms with Crippen molar-refractivity contribution in [3.63, 3.8) is 0 Å². The van der Waals surface area contributed by atoms with Crippen molar-refractivity contribution in [2.24, 2.45) is 0 Å². The average molecular weight is 259 g/mol. The maximum Gasteiger partial charge on any atom is 0.154 e. The summed E-state index contributed by atoms with van der Waals surface area (Å²) < 4.78 is 22.8. The van der Waals surface area contributed by atoms with Crippen LogP contribution in [0.4, 0.5) is 0 Å². The van der Waals surface area contributed by atoms with Crippen molar-refractivity contribution in [3.8, 4) is 6.07 Å². The summed E-state index contributed by atoms with van der Waals surface area (Å²) in [4.78, 5) is 4.06. The number of nitriles is 1. The van der Waals surface area contributed by atoms with Crippen LogP contribution in [-0.4, -0.2) is 79.7 Å². The summed E-state index contributed by atoms with van der Waals surface area (Å²) >= 11 is 0. The molecule has 2 unspecified atom stereocenters. The molecule has 0 radical (unpaired) electrons. The molecule has 0 spiro atoms. The Morgan fingerprint density at radius 3 is 2.35 bits per heavy atom. The van der Waals surface area contributed by atoms with Crippen molar-refractivity contribution < 1.29 is 13.5 Å². The van der Waals surface area contributed by atoms with Gasteiger partial charge in [0.25, 0.3) is 0 Å². The van der Waals surface area contributed by atoms with Crippen molar-refractivity contribution in [3.05, 3.63) is 0 Å².